The van der Waals surface area contributed by atoms with E-state index in [0.29, 0.717) is 24.8 Å². The number of hydrogen-bond acceptors (Lipinski definition) is 3. The molecule has 2 aliphatic carbocycles. The van der Waals surface area contributed by atoms with Crippen molar-refractivity contribution in [1.29, 1.82) is 0 Å². The lowest BCUT2D eigenvalue weighted by Gasteiger charge is -2.17. The predicted octanol–water partition coefficient (Wildman–Crippen LogP) is 2.96. The van der Waals surface area contributed by atoms with Gasteiger partial charge in [-0.05, 0) is 48.6 Å². The molecule has 2 bridgehead atoms. The molecule has 4 heteroatoms. The van der Waals surface area contributed by atoms with Gasteiger partial charge < -0.3 is 14.8 Å². The van der Waals surface area contributed by atoms with Gasteiger partial charge in [0, 0.05) is 13.0 Å². The molecule has 0 spiro atoms. The van der Waals surface area contributed by atoms with Gasteiger partial charge >= 0.3 is 0 Å². The zero-order chi connectivity index (χ0) is 16.2. The molecule has 0 aliphatic heterocycles. The number of fused-ring (bicyclic) bond motifs is 2. The first kappa shape index (κ1) is 15.9. The van der Waals surface area contributed by atoms with Crippen molar-refractivity contribution >= 4 is 5.91 Å². The maximum absolute atomic E-state index is 12.2. The number of amides is 1. The van der Waals surface area contributed by atoms with Gasteiger partial charge in [0.1, 0.15) is 0 Å². The van der Waals surface area contributed by atoms with Crippen molar-refractivity contribution in [3.63, 3.8) is 0 Å². The van der Waals surface area contributed by atoms with Crippen LogP contribution in [0.1, 0.15) is 24.8 Å². The lowest BCUT2D eigenvalue weighted by molar-refractivity contribution is -0.122. The number of hydrogen-bond donors (Lipinski definition) is 1. The molecule has 0 heterocycles. The van der Waals surface area contributed by atoms with Gasteiger partial charge in [0.25, 0.3) is 0 Å². The van der Waals surface area contributed by atoms with Crippen LogP contribution in [0.2, 0.25) is 0 Å². The van der Waals surface area contributed by atoms with Crippen molar-refractivity contribution in [2.75, 3.05) is 20.8 Å². The molecule has 1 amide bonds. The Morgan fingerprint density at radius 3 is 2.74 bits per heavy atom. The number of ether oxygens (including phenoxy) is 2. The summed E-state index contributed by atoms with van der Waals surface area (Å²) in [6.07, 6.45) is 8.43. The van der Waals surface area contributed by atoms with Crippen LogP contribution in [0.15, 0.2) is 30.4 Å². The quantitative estimate of drug-likeness (QED) is 0.787. The topological polar surface area (TPSA) is 47.6 Å². The molecule has 1 aromatic rings. The van der Waals surface area contributed by atoms with E-state index in [4.69, 9.17) is 9.47 Å². The minimum absolute atomic E-state index is 0.165. The second kappa shape index (κ2) is 7.07. The molecule has 0 unspecified atom stereocenters. The maximum atomic E-state index is 12.2. The zero-order valence-electron chi connectivity index (χ0n) is 13.9. The molecule has 0 saturated heterocycles. The first-order valence-electron chi connectivity index (χ1n) is 8.36. The van der Waals surface area contributed by atoms with E-state index in [9.17, 15) is 4.79 Å². The summed E-state index contributed by atoms with van der Waals surface area (Å²) in [7, 11) is 3.27. The fourth-order valence-corrected chi connectivity index (χ4v) is 3.93. The van der Waals surface area contributed by atoms with Crippen LogP contribution in [0.3, 0.4) is 0 Å². The molecule has 3 rings (SSSR count). The summed E-state index contributed by atoms with van der Waals surface area (Å²) in [6, 6.07) is 5.83. The molecule has 1 fully saturated rings. The van der Waals surface area contributed by atoms with Crippen LogP contribution in [0.4, 0.5) is 0 Å². The van der Waals surface area contributed by atoms with E-state index in [0.717, 1.165) is 29.4 Å². The van der Waals surface area contributed by atoms with E-state index in [-0.39, 0.29) is 5.91 Å². The smallest absolute Gasteiger partial charge is 0.220 e. The molecule has 23 heavy (non-hydrogen) atoms. The van der Waals surface area contributed by atoms with E-state index in [1.807, 2.05) is 18.2 Å². The number of carbonyl (C=O) groups is 1. The summed E-state index contributed by atoms with van der Waals surface area (Å²) in [4.78, 5) is 12.2. The van der Waals surface area contributed by atoms with Crippen molar-refractivity contribution < 1.29 is 14.3 Å². The summed E-state index contributed by atoms with van der Waals surface area (Å²) >= 11 is 0. The van der Waals surface area contributed by atoms with Crippen molar-refractivity contribution in [2.45, 2.75) is 25.7 Å². The van der Waals surface area contributed by atoms with Crippen molar-refractivity contribution in [3.8, 4) is 11.5 Å². The molecule has 0 radical (unpaired) electrons. The molecule has 3 atom stereocenters. The minimum Gasteiger partial charge on any atom is -0.493 e. The maximum Gasteiger partial charge on any atom is 0.220 e. The largest absolute Gasteiger partial charge is 0.493 e. The highest BCUT2D eigenvalue weighted by molar-refractivity contribution is 5.76. The van der Waals surface area contributed by atoms with Crippen molar-refractivity contribution in [1.82, 2.24) is 5.32 Å². The molecule has 1 aromatic carbocycles. The second-order valence-electron chi connectivity index (χ2n) is 6.50. The summed E-state index contributed by atoms with van der Waals surface area (Å²) in [5, 5.41) is 3.05. The fraction of sp³-hybridized carbons (Fsp3) is 0.526. The van der Waals surface area contributed by atoms with Gasteiger partial charge in [-0.1, -0.05) is 24.3 Å². The van der Waals surface area contributed by atoms with Gasteiger partial charge in [-0.3, -0.25) is 4.79 Å². The summed E-state index contributed by atoms with van der Waals surface area (Å²) in [6.45, 7) is 0.624. The number of para-hydroxylation sites is 1. The lowest BCUT2D eigenvalue weighted by Crippen LogP contribution is -2.28. The lowest BCUT2D eigenvalue weighted by atomic mass is 9.90. The summed E-state index contributed by atoms with van der Waals surface area (Å²) in [5.74, 6) is 3.53. The average Bonchev–Trinajstić information content (AvgIpc) is 3.17. The Labute approximate surface area is 137 Å². The molecular formula is C19H25NO3. The van der Waals surface area contributed by atoms with E-state index in [2.05, 4.69) is 17.5 Å². The third-order valence-corrected chi connectivity index (χ3v) is 5.06. The Hall–Kier alpha value is -1.97. The number of carbonyl (C=O) groups excluding carboxylic acids is 1. The molecule has 1 saturated carbocycles. The van der Waals surface area contributed by atoms with Gasteiger partial charge in [-0.25, -0.2) is 0 Å². The molecular weight excluding hydrogens is 290 g/mol. The van der Waals surface area contributed by atoms with Crippen LogP contribution in [-0.4, -0.2) is 26.7 Å². The number of nitrogens with one attached hydrogen (secondary N) is 1. The third kappa shape index (κ3) is 3.52. The normalized spacial score (nSPS) is 24.7. The van der Waals surface area contributed by atoms with Gasteiger partial charge in [0.2, 0.25) is 5.91 Å². The van der Waals surface area contributed by atoms with E-state index >= 15 is 0 Å². The fourth-order valence-electron chi connectivity index (χ4n) is 3.93. The van der Waals surface area contributed by atoms with Gasteiger partial charge in [-0.2, -0.15) is 0 Å². The summed E-state index contributed by atoms with van der Waals surface area (Å²) in [5.41, 5.74) is 1.05. The Morgan fingerprint density at radius 1 is 1.22 bits per heavy atom. The standard InChI is InChI=1S/C19H25NO3/c1-22-17-5-3-4-14(19(17)23-2)8-9-20-18(21)12-16-11-13-6-7-15(16)10-13/h3-7,13,15-16H,8-12H2,1-2H3,(H,20,21)/t13-,15+,16+/m1/s1. The van der Waals surface area contributed by atoms with Crippen LogP contribution < -0.4 is 14.8 Å². The zero-order valence-corrected chi connectivity index (χ0v) is 13.9. The van der Waals surface area contributed by atoms with Gasteiger partial charge in [0.15, 0.2) is 11.5 Å². The van der Waals surface area contributed by atoms with E-state index in [1.165, 1.54) is 12.8 Å². The van der Waals surface area contributed by atoms with E-state index in [1.54, 1.807) is 14.2 Å². The van der Waals surface area contributed by atoms with E-state index < -0.39 is 0 Å². The van der Waals surface area contributed by atoms with Crippen LogP contribution in [0.5, 0.6) is 11.5 Å². The Bertz CT molecular complexity index is 596. The third-order valence-electron chi connectivity index (χ3n) is 5.06. The summed E-state index contributed by atoms with van der Waals surface area (Å²) < 4.78 is 10.7. The van der Waals surface area contributed by atoms with Crippen molar-refractivity contribution in [2.24, 2.45) is 17.8 Å². The molecule has 1 N–H and O–H groups in total. The SMILES string of the molecule is COc1cccc(CCNC(=O)C[C@@H]2C[C@@H]3C=C[C@H]2C3)c1OC. The average molecular weight is 315 g/mol. The molecule has 0 aromatic heterocycles. The second-order valence-corrected chi connectivity index (χ2v) is 6.50. The number of rotatable bonds is 7. The highest BCUT2D eigenvalue weighted by Crippen LogP contribution is 2.44. The highest BCUT2D eigenvalue weighted by Gasteiger charge is 2.36. The molecule has 2 aliphatic rings. The van der Waals surface area contributed by atoms with Crippen LogP contribution >= 0.6 is 0 Å². The molecule has 124 valence electrons. The van der Waals surface area contributed by atoms with Gasteiger partial charge in [-0.15, -0.1) is 0 Å². The van der Waals surface area contributed by atoms with Crippen LogP contribution in [-0.2, 0) is 11.2 Å². The Morgan fingerprint density at radius 2 is 2.09 bits per heavy atom. The highest BCUT2D eigenvalue weighted by atomic mass is 16.5. The van der Waals surface area contributed by atoms with Crippen LogP contribution in [0.25, 0.3) is 0 Å². The number of methoxy groups -OCH3 is 2. The van der Waals surface area contributed by atoms with Crippen molar-refractivity contribution in [3.05, 3.63) is 35.9 Å². The monoisotopic (exact) mass is 315 g/mol. The molecule has 4 nitrogen and oxygen atoms in total. The Balaban J connectivity index is 1.48. The van der Waals surface area contributed by atoms with Crippen LogP contribution in [0, 0.1) is 17.8 Å². The van der Waals surface area contributed by atoms with Gasteiger partial charge in [0.05, 0.1) is 14.2 Å². The first-order chi connectivity index (χ1) is 11.2. The first-order valence-corrected chi connectivity index (χ1v) is 8.36. The number of allylic oxidation sites excluding steroid dienone is 2. The predicted molar refractivity (Wildman–Crippen MR) is 89.7 cm³/mol. The minimum atomic E-state index is 0.165. The Kier molecular flexibility index (Phi) is 4.89. The number of benzene rings is 1.